The second kappa shape index (κ2) is 5.58. The molecule has 3 N–H and O–H groups in total. The van der Waals surface area contributed by atoms with Crippen molar-refractivity contribution in [2.24, 2.45) is 11.7 Å². The summed E-state index contributed by atoms with van der Waals surface area (Å²) in [5, 5.41) is 3.31. The molecule has 1 amide bonds. The topological polar surface area (TPSA) is 68.0 Å². The van der Waals surface area contributed by atoms with Crippen LogP contribution >= 0.6 is 27.3 Å². The molecule has 1 aromatic rings. The van der Waals surface area contributed by atoms with Crippen LogP contribution in [0, 0.1) is 5.92 Å². The molecule has 4 nitrogen and oxygen atoms in total. The zero-order chi connectivity index (χ0) is 11.4. The second-order valence-corrected chi connectivity index (χ2v) is 6.04. The molecular weight excluding hydrogens is 278 g/mol. The summed E-state index contributed by atoms with van der Waals surface area (Å²) < 4.78 is 0.894. The van der Waals surface area contributed by atoms with Crippen molar-refractivity contribution in [3.8, 4) is 0 Å². The second-order valence-electron chi connectivity index (χ2n) is 3.63. The number of hydrogen-bond acceptors (Lipinski definition) is 4. The average Bonchev–Trinajstić information content (AvgIpc) is 2.50. The average molecular weight is 292 g/mol. The summed E-state index contributed by atoms with van der Waals surface area (Å²) in [5.74, 6) is 0.219. The Morgan fingerprint density at radius 1 is 1.73 bits per heavy atom. The van der Waals surface area contributed by atoms with E-state index in [1.807, 2.05) is 13.8 Å². The first-order valence-corrected chi connectivity index (χ1v) is 6.26. The number of anilines is 1. The number of aromatic nitrogens is 1. The third-order valence-electron chi connectivity index (χ3n) is 2.00. The van der Waals surface area contributed by atoms with E-state index in [4.69, 9.17) is 5.73 Å². The molecule has 84 valence electrons. The van der Waals surface area contributed by atoms with E-state index < -0.39 is 0 Å². The molecule has 15 heavy (non-hydrogen) atoms. The number of hydrogen-bond donors (Lipinski definition) is 2. The van der Waals surface area contributed by atoms with Gasteiger partial charge < -0.3 is 11.1 Å². The molecular formula is C9H14BrN3OS. The van der Waals surface area contributed by atoms with Crippen LogP contribution in [-0.2, 0) is 4.79 Å². The molecule has 1 unspecified atom stereocenters. The Morgan fingerprint density at radius 3 is 2.87 bits per heavy atom. The summed E-state index contributed by atoms with van der Waals surface area (Å²) >= 11 is 4.66. The summed E-state index contributed by atoms with van der Waals surface area (Å²) in [7, 11) is 0. The fraction of sp³-hybridized carbons (Fsp3) is 0.556. The van der Waals surface area contributed by atoms with Gasteiger partial charge in [-0.25, -0.2) is 4.98 Å². The molecule has 0 fully saturated rings. The molecule has 0 aliphatic heterocycles. The lowest BCUT2D eigenvalue weighted by molar-refractivity contribution is -0.116. The first-order chi connectivity index (χ1) is 6.99. The van der Waals surface area contributed by atoms with Crippen LogP contribution < -0.4 is 11.1 Å². The smallest absolute Gasteiger partial charge is 0.227 e. The summed E-state index contributed by atoms with van der Waals surface area (Å²) in [4.78, 5) is 15.5. The predicted molar refractivity (Wildman–Crippen MR) is 65.9 cm³/mol. The van der Waals surface area contributed by atoms with Gasteiger partial charge in [0.2, 0.25) is 5.91 Å². The van der Waals surface area contributed by atoms with Crippen LogP contribution in [0.4, 0.5) is 5.13 Å². The fourth-order valence-corrected chi connectivity index (χ4v) is 2.06. The third-order valence-corrected chi connectivity index (χ3v) is 3.39. The Labute approximate surface area is 101 Å². The Hall–Kier alpha value is -0.460. The van der Waals surface area contributed by atoms with E-state index >= 15 is 0 Å². The van der Waals surface area contributed by atoms with Gasteiger partial charge in [-0.1, -0.05) is 25.2 Å². The summed E-state index contributed by atoms with van der Waals surface area (Å²) in [6.07, 6.45) is 1.98. The van der Waals surface area contributed by atoms with E-state index in [2.05, 4.69) is 26.2 Å². The molecule has 1 heterocycles. The number of thiazole rings is 1. The molecule has 1 aromatic heterocycles. The van der Waals surface area contributed by atoms with Crippen molar-refractivity contribution in [2.45, 2.75) is 26.3 Å². The lowest BCUT2D eigenvalue weighted by Gasteiger charge is -2.14. The van der Waals surface area contributed by atoms with E-state index in [0.29, 0.717) is 17.5 Å². The summed E-state index contributed by atoms with van der Waals surface area (Å²) in [6, 6.07) is -0.103. The Kier molecular flexibility index (Phi) is 4.69. The molecule has 0 bridgehead atoms. The van der Waals surface area contributed by atoms with Crippen LogP contribution in [0.15, 0.2) is 9.98 Å². The van der Waals surface area contributed by atoms with Gasteiger partial charge in [0.15, 0.2) is 5.13 Å². The van der Waals surface area contributed by atoms with Crippen molar-refractivity contribution in [1.29, 1.82) is 0 Å². The summed E-state index contributed by atoms with van der Waals surface area (Å²) in [6.45, 7) is 4.00. The van der Waals surface area contributed by atoms with Gasteiger partial charge in [0.25, 0.3) is 0 Å². The van der Waals surface area contributed by atoms with Gasteiger partial charge >= 0.3 is 0 Å². The number of halogens is 1. The number of nitrogens with one attached hydrogen (secondary N) is 1. The lowest BCUT2D eigenvalue weighted by Crippen LogP contribution is -2.31. The number of nitrogens with two attached hydrogens (primary N) is 1. The third kappa shape index (κ3) is 4.27. The zero-order valence-electron chi connectivity index (χ0n) is 8.66. The fourth-order valence-electron chi connectivity index (χ4n) is 0.932. The Balaban J connectivity index is 2.43. The van der Waals surface area contributed by atoms with Gasteiger partial charge in [-0.2, -0.15) is 0 Å². The first-order valence-electron chi connectivity index (χ1n) is 4.66. The van der Waals surface area contributed by atoms with E-state index in [9.17, 15) is 4.79 Å². The van der Waals surface area contributed by atoms with Gasteiger partial charge in [-0.3, -0.25) is 4.79 Å². The monoisotopic (exact) mass is 291 g/mol. The van der Waals surface area contributed by atoms with Crippen LogP contribution in [-0.4, -0.2) is 16.9 Å². The van der Waals surface area contributed by atoms with Gasteiger partial charge in [-0.15, -0.1) is 0 Å². The van der Waals surface area contributed by atoms with E-state index in [1.165, 1.54) is 11.3 Å². The quantitative estimate of drug-likeness (QED) is 0.894. The molecule has 0 spiro atoms. The van der Waals surface area contributed by atoms with Gasteiger partial charge in [-0.05, 0) is 21.8 Å². The SMILES string of the molecule is CC(C)C(N)CC(=O)Nc1ncc(Br)s1. The van der Waals surface area contributed by atoms with E-state index in [0.717, 1.165) is 3.79 Å². The van der Waals surface area contributed by atoms with E-state index in [-0.39, 0.29) is 11.9 Å². The van der Waals surface area contributed by atoms with Crippen molar-refractivity contribution in [3.05, 3.63) is 9.98 Å². The van der Waals surface area contributed by atoms with Crippen molar-refractivity contribution >= 4 is 38.3 Å². The highest BCUT2D eigenvalue weighted by Crippen LogP contribution is 2.23. The van der Waals surface area contributed by atoms with Gasteiger partial charge in [0, 0.05) is 12.5 Å². The molecule has 0 aliphatic carbocycles. The Bertz CT molecular complexity index is 340. The minimum Gasteiger partial charge on any atom is -0.327 e. The minimum atomic E-state index is -0.103. The van der Waals surface area contributed by atoms with Crippen LogP contribution in [0.1, 0.15) is 20.3 Å². The highest BCUT2D eigenvalue weighted by Gasteiger charge is 2.13. The van der Waals surface area contributed by atoms with Crippen LogP contribution in [0.2, 0.25) is 0 Å². The van der Waals surface area contributed by atoms with Crippen molar-refractivity contribution in [2.75, 3.05) is 5.32 Å². The number of carbonyl (C=O) groups excluding carboxylic acids is 1. The van der Waals surface area contributed by atoms with Gasteiger partial charge in [0.05, 0.1) is 9.98 Å². The molecule has 1 atom stereocenters. The van der Waals surface area contributed by atoms with E-state index in [1.54, 1.807) is 6.20 Å². The first kappa shape index (κ1) is 12.6. The summed E-state index contributed by atoms with van der Waals surface area (Å²) in [5.41, 5.74) is 5.79. The van der Waals surface area contributed by atoms with Crippen molar-refractivity contribution < 1.29 is 4.79 Å². The van der Waals surface area contributed by atoms with Crippen LogP contribution in [0.3, 0.4) is 0 Å². The molecule has 0 aliphatic rings. The maximum atomic E-state index is 11.5. The molecule has 1 rings (SSSR count). The zero-order valence-corrected chi connectivity index (χ0v) is 11.1. The predicted octanol–water partition coefficient (Wildman–Crippen LogP) is 2.22. The van der Waals surface area contributed by atoms with Crippen molar-refractivity contribution in [3.63, 3.8) is 0 Å². The number of amides is 1. The van der Waals surface area contributed by atoms with Crippen LogP contribution in [0.5, 0.6) is 0 Å². The maximum Gasteiger partial charge on any atom is 0.227 e. The minimum absolute atomic E-state index is 0.0851. The normalized spacial score (nSPS) is 12.9. The highest BCUT2D eigenvalue weighted by molar-refractivity contribution is 9.11. The molecule has 0 aromatic carbocycles. The molecule has 6 heteroatoms. The van der Waals surface area contributed by atoms with Gasteiger partial charge in [0.1, 0.15) is 0 Å². The molecule has 0 saturated heterocycles. The molecule has 0 saturated carbocycles. The van der Waals surface area contributed by atoms with Crippen LogP contribution in [0.25, 0.3) is 0 Å². The number of rotatable bonds is 4. The van der Waals surface area contributed by atoms with Crippen molar-refractivity contribution in [1.82, 2.24) is 4.98 Å². The number of nitrogens with zero attached hydrogens (tertiary/aromatic N) is 1. The Morgan fingerprint density at radius 2 is 2.40 bits per heavy atom. The standard InChI is InChI=1S/C9H14BrN3OS/c1-5(2)6(11)3-8(14)13-9-12-4-7(10)15-9/h4-6H,3,11H2,1-2H3,(H,12,13,14). The molecule has 0 radical (unpaired) electrons. The maximum absolute atomic E-state index is 11.5. The lowest BCUT2D eigenvalue weighted by atomic mass is 10.0. The highest BCUT2D eigenvalue weighted by atomic mass is 79.9. The number of carbonyl (C=O) groups is 1. The largest absolute Gasteiger partial charge is 0.327 e.